The first-order valence-corrected chi connectivity index (χ1v) is 15.0. The molecular weight excluding hydrogens is 564 g/mol. The van der Waals surface area contributed by atoms with Crippen LogP contribution in [-0.4, -0.2) is 68.8 Å². The van der Waals surface area contributed by atoms with E-state index in [-0.39, 0.29) is 24.2 Å². The fraction of sp³-hybridized carbons (Fsp3) is 0.303. The number of pyridine rings is 1. The second-order valence-electron chi connectivity index (χ2n) is 10.6. The summed E-state index contributed by atoms with van der Waals surface area (Å²) in [5.41, 5.74) is 3.51. The molecule has 2 heterocycles. The molecule has 1 aliphatic heterocycles. The standard InChI is InChI=1S/C33H37ClN6O3/c1-3-39(4-2)40(33(43)36-20-24-9-6-5-7-10-24)30-22-38(21-25-14-17-28(34)27-11-8-18-35-31(25)27)32(42)29(37-30)19-23-12-15-26(41)16-13-23/h5-18,29-30,37,41H,3-4,19-22H2,1-2H3,(H,36,43)/t29-,30?/m0/s1. The predicted octanol–water partition coefficient (Wildman–Crippen LogP) is 4.93. The third-order valence-corrected chi connectivity index (χ3v) is 8.09. The highest BCUT2D eigenvalue weighted by molar-refractivity contribution is 6.35. The third kappa shape index (κ3) is 7.07. The van der Waals surface area contributed by atoms with Crippen LogP contribution < -0.4 is 10.6 Å². The highest BCUT2D eigenvalue weighted by Gasteiger charge is 2.40. The summed E-state index contributed by atoms with van der Waals surface area (Å²) in [6.45, 7) is 6.19. The van der Waals surface area contributed by atoms with Crippen molar-refractivity contribution in [1.82, 2.24) is 30.5 Å². The summed E-state index contributed by atoms with van der Waals surface area (Å²) >= 11 is 6.46. The maximum Gasteiger partial charge on any atom is 0.333 e. The monoisotopic (exact) mass is 600 g/mol. The summed E-state index contributed by atoms with van der Waals surface area (Å²) in [7, 11) is 0. The topological polar surface area (TPSA) is 101 Å². The molecule has 0 radical (unpaired) electrons. The number of aromatic nitrogens is 1. The summed E-state index contributed by atoms with van der Waals surface area (Å²) in [5, 5.41) is 21.5. The summed E-state index contributed by atoms with van der Waals surface area (Å²) in [4.78, 5) is 34.2. The maximum atomic E-state index is 14.0. The molecule has 224 valence electrons. The van der Waals surface area contributed by atoms with Crippen LogP contribution in [0.4, 0.5) is 4.79 Å². The average molecular weight is 601 g/mol. The van der Waals surface area contributed by atoms with Crippen molar-refractivity contribution in [2.24, 2.45) is 0 Å². The molecule has 0 spiro atoms. The number of carbonyl (C=O) groups is 2. The van der Waals surface area contributed by atoms with E-state index in [0.717, 1.165) is 27.6 Å². The molecule has 3 aromatic carbocycles. The van der Waals surface area contributed by atoms with E-state index in [1.54, 1.807) is 28.2 Å². The SMILES string of the molecule is CCN(CC)N(C(=O)NCc1ccccc1)C1CN(Cc2ccc(Cl)c3cccnc23)C(=O)[C@H](Cc2ccc(O)cc2)N1. The molecule has 3 amide bonds. The minimum atomic E-state index is -0.602. The number of hydrazine groups is 1. The Kier molecular flexibility index (Phi) is 9.76. The highest BCUT2D eigenvalue weighted by atomic mass is 35.5. The van der Waals surface area contributed by atoms with E-state index in [4.69, 9.17) is 11.6 Å². The molecule has 43 heavy (non-hydrogen) atoms. The lowest BCUT2D eigenvalue weighted by molar-refractivity contribution is -0.143. The van der Waals surface area contributed by atoms with Gasteiger partial charge in [-0.05, 0) is 53.4 Å². The third-order valence-electron chi connectivity index (χ3n) is 7.76. The summed E-state index contributed by atoms with van der Waals surface area (Å²) in [5.74, 6) is 0.0867. The van der Waals surface area contributed by atoms with Gasteiger partial charge in [-0.2, -0.15) is 0 Å². The summed E-state index contributed by atoms with van der Waals surface area (Å²) in [6, 6.07) is 23.3. The van der Waals surface area contributed by atoms with Gasteiger partial charge in [-0.25, -0.2) is 14.8 Å². The number of fused-ring (bicyclic) bond motifs is 1. The Hall–Kier alpha value is -4.18. The van der Waals surface area contributed by atoms with Gasteiger partial charge in [0.2, 0.25) is 5.91 Å². The van der Waals surface area contributed by atoms with Crippen molar-refractivity contribution >= 4 is 34.4 Å². The van der Waals surface area contributed by atoms with Gasteiger partial charge in [-0.15, -0.1) is 0 Å². The van der Waals surface area contributed by atoms with Crippen LogP contribution in [-0.2, 0) is 24.3 Å². The molecule has 1 aromatic heterocycles. The van der Waals surface area contributed by atoms with Gasteiger partial charge in [0.25, 0.3) is 0 Å². The molecule has 0 aliphatic carbocycles. The lowest BCUT2D eigenvalue weighted by atomic mass is 10.0. The van der Waals surface area contributed by atoms with E-state index in [1.165, 1.54) is 0 Å². The van der Waals surface area contributed by atoms with E-state index in [1.807, 2.05) is 85.6 Å². The van der Waals surface area contributed by atoms with Gasteiger partial charge in [0.05, 0.1) is 18.1 Å². The molecule has 1 fully saturated rings. The normalized spacial score (nSPS) is 16.9. The van der Waals surface area contributed by atoms with Gasteiger partial charge < -0.3 is 15.3 Å². The van der Waals surface area contributed by atoms with Crippen molar-refractivity contribution in [2.75, 3.05) is 19.6 Å². The van der Waals surface area contributed by atoms with Crippen LogP contribution >= 0.6 is 11.6 Å². The number of hydrogen-bond acceptors (Lipinski definition) is 6. The minimum Gasteiger partial charge on any atom is -0.508 e. The Morgan fingerprint density at radius 1 is 1.02 bits per heavy atom. The fourth-order valence-electron chi connectivity index (χ4n) is 5.56. The van der Waals surface area contributed by atoms with E-state index < -0.39 is 12.2 Å². The Bertz CT molecular complexity index is 1550. The first kappa shape index (κ1) is 30.3. The molecule has 10 heteroatoms. The number of phenols is 1. The van der Waals surface area contributed by atoms with E-state index in [9.17, 15) is 14.7 Å². The fourth-order valence-corrected chi connectivity index (χ4v) is 5.77. The molecule has 1 aliphatic rings. The minimum absolute atomic E-state index is 0.0763. The van der Waals surface area contributed by atoms with Crippen LogP contribution in [0.5, 0.6) is 5.75 Å². The quantitative estimate of drug-likeness (QED) is 0.223. The zero-order valence-electron chi connectivity index (χ0n) is 24.4. The molecule has 1 saturated heterocycles. The van der Waals surface area contributed by atoms with Crippen LogP contribution in [0.25, 0.3) is 10.9 Å². The summed E-state index contributed by atoms with van der Waals surface area (Å²) in [6.07, 6.45) is 1.61. The average Bonchev–Trinajstić information content (AvgIpc) is 3.03. The number of piperazine rings is 1. The maximum absolute atomic E-state index is 14.0. The number of rotatable bonds is 10. The van der Waals surface area contributed by atoms with Crippen molar-refractivity contribution in [3.05, 3.63) is 107 Å². The van der Waals surface area contributed by atoms with Crippen molar-refractivity contribution in [3.8, 4) is 5.75 Å². The van der Waals surface area contributed by atoms with Crippen LogP contribution in [0.2, 0.25) is 5.02 Å². The van der Waals surface area contributed by atoms with Crippen molar-refractivity contribution < 1.29 is 14.7 Å². The first-order chi connectivity index (χ1) is 20.9. The Balaban J connectivity index is 1.47. The number of halogens is 1. The van der Waals surface area contributed by atoms with Crippen molar-refractivity contribution in [3.63, 3.8) is 0 Å². The Labute approximate surface area is 257 Å². The molecular formula is C33H37ClN6O3. The number of urea groups is 1. The summed E-state index contributed by atoms with van der Waals surface area (Å²) < 4.78 is 0. The van der Waals surface area contributed by atoms with Crippen LogP contribution in [0.3, 0.4) is 0 Å². The predicted molar refractivity (Wildman–Crippen MR) is 168 cm³/mol. The second-order valence-corrected chi connectivity index (χ2v) is 11.0. The molecule has 0 bridgehead atoms. The number of phenolic OH excluding ortho intramolecular Hbond substituents is 1. The smallest absolute Gasteiger partial charge is 0.333 e. The highest BCUT2D eigenvalue weighted by Crippen LogP contribution is 2.27. The molecule has 2 atom stereocenters. The van der Waals surface area contributed by atoms with Gasteiger partial charge in [-0.1, -0.05) is 74.0 Å². The van der Waals surface area contributed by atoms with Crippen molar-refractivity contribution in [2.45, 2.75) is 45.6 Å². The zero-order chi connectivity index (χ0) is 30.3. The lowest BCUT2D eigenvalue weighted by Crippen LogP contribution is -2.70. The van der Waals surface area contributed by atoms with E-state index in [0.29, 0.717) is 37.6 Å². The Morgan fingerprint density at radius 2 is 1.77 bits per heavy atom. The van der Waals surface area contributed by atoms with Crippen LogP contribution in [0, 0.1) is 0 Å². The van der Waals surface area contributed by atoms with Gasteiger partial charge in [-0.3, -0.25) is 15.1 Å². The molecule has 4 aromatic rings. The molecule has 5 rings (SSSR count). The largest absolute Gasteiger partial charge is 0.508 e. The molecule has 0 saturated carbocycles. The number of aromatic hydroxyl groups is 1. The number of benzene rings is 3. The number of nitrogens with zero attached hydrogens (tertiary/aromatic N) is 4. The molecule has 9 nitrogen and oxygen atoms in total. The van der Waals surface area contributed by atoms with Gasteiger partial charge in [0.1, 0.15) is 11.9 Å². The molecule has 1 unspecified atom stereocenters. The first-order valence-electron chi connectivity index (χ1n) is 14.6. The van der Waals surface area contributed by atoms with E-state index in [2.05, 4.69) is 15.6 Å². The number of carbonyl (C=O) groups excluding carboxylic acids is 2. The van der Waals surface area contributed by atoms with Gasteiger partial charge in [0, 0.05) is 42.8 Å². The second kappa shape index (κ2) is 13.9. The molecule has 3 N–H and O–H groups in total. The van der Waals surface area contributed by atoms with Crippen molar-refractivity contribution in [1.29, 1.82) is 0 Å². The Morgan fingerprint density at radius 3 is 2.49 bits per heavy atom. The van der Waals surface area contributed by atoms with Gasteiger partial charge >= 0.3 is 6.03 Å². The number of amides is 3. The van der Waals surface area contributed by atoms with Crippen LogP contribution in [0.15, 0.2) is 85.1 Å². The zero-order valence-corrected chi connectivity index (χ0v) is 25.2. The number of hydrogen-bond donors (Lipinski definition) is 3. The van der Waals surface area contributed by atoms with E-state index >= 15 is 0 Å². The van der Waals surface area contributed by atoms with Crippen LogP contribution in [0.1, 0.15) is 30.5 Å². The lowest BCUT2D eigenvalue weighted by Gasteiger charge is -2.46. The number of nitrogens with one attached hydrogen (secondary N) is 2. The van der Waals surface area contributed by atoms with Gasteiger partial charge in [0.15, 0.2) is 0 Å².